The van der Waals surface area contributed by atoms with Crippen LogP contribution in [0.2, 0.25) is 0 Å². The molecule has 2 heterocycles. The van der Waals surface area contributed by atoms with Gasteiger partial charge in [-0.25, -0.2) is 12.8 Å². The van der Waals surface area contributed by atoms with Crippen LogP contribution in [0.25, 0.3) is 11.6 Å². The fourth-order valence-corrected chi connectivity index (χ4v) is 3.13. The molecule has 3 rings (SSSR count). The van der Waals surface area contributed by atoms with E-state index in [9.17, 15) is 12.8 Å². The average Bonchev–Trinajstić information content (AvgIpc) is 3.10. The Balaban J connectivity index is 1.89. The zero-order valence-corrected chi connectivity index (χ0v) is 13.1. The van der Waals surface area contributed by atoms with Crippen molar-refractivity contribution >= 4 is 15.7 Å². The Hall–Kier alpha value is -2.68. The maximum atomic E-state index is 13.1. The zero-order chi connectivity index (χ0) is 16.6. The Kier molecular flexibility index (Phi) is 3.64. The Bertz CT molecular complexity index is 962. The van der Waals surface area contributed by atoms with Gasteiger partial charge < -0.3 is 9.40 Å². The van der Waals surface area contributed by atoms with Crippen molar-refractivity contribution in [1.29, 1.82) is 0 Å². The van der Waals surface area contributed by atoms with Crippen molar-refractivity contribution in [2.45, 2.75) is 18.7 Å². The topological polar surface area (TPSA) is 101 Å². The number of aromatic nitrogens is 3. The highest BCUT2D eigenvalue weighted by Gasteiger charge is 2.19. The van der Waals surface area contributed by atoms with E-state index in [2.05, 4.69) is 19.9 Å². The molecule has 0 saturated carbocycles. The molecule has 120 valence electrons. The summed E-state index contributed by atoms with van der Waals surface area (Å²) in [5.74, 6) is 0.141. The Labute approximate surface area is 131 Å². The van der Waals surface area contributed by atoms with Gasteiger partial charge in [-0.1, -0.05) is 0 Å². The van der Waals surface area contributed by atoms with Crippen LogP contribution in [0.15, 0.2) is 39.8 Å². The van der Waals surface area contributed by atoms with Crippen molar-refractivity contribution in [3.05, 3.63) is 47.7 Å². The Morgan fingerprint density at radius 3 is 2.65 bits per heavy atom. The number of anilines is 1. The van der Waals surface area contributed by atoms with Gasteiger partial charge in [0.25, 0.3) is 15.9 Å². The van der Waals surface area contributed by atoms with Crippen LogP contribution in [-0.4, -0.2) is 23.6 Å². The van der Waals surface area contributed by atoms with Crippen molar-refractivity contribution in [2.75, 3.05) is 4.72 Å². The van der Waals surface area contributed by atoms with Gasteiger partial charge in [-0.05, 0) is 36.8 Å². The standard InChI is InChI=1S/C14H13FN4O3S/c1-8-5-10(15)3-4-12(8)19-23(20,21)11-6-13(16-7-11)14-18-17-9(2)22-14/h3-7,16,19H,1-2H3. The number of nitrogens with one attached hydrogen (secondary N) is 2. The number of aromatic amines is 1. The molecule has 0 aliphatic heterocycles. The van der Waals surface area contributed by atoms with Crippen LogP contribution in [0.1, 0.15) is 11.5 Å². The molecule has 0 saturated heterocycles. The highest BCUT2D eigenvalue weighted by molar-refractivity contribution is 7.92. The van der Waals surface area contributed by atoms with Crippen LogP contribution in [0.5, 0.6) is 0 Å². The molecular weight excluding hydrogens is 323 g/mol. The molecule has 23 heavy (non-hydrogen) atoms. The lowest BCUT2D eigenvalue weighted by Gasteiger charge is -2.09. The molecule has 0 atom stereocenters. The predicted molar refractivity (Wildman–Crippen MR) is 80.8 cm³/mol. The van der Waals surface area contributed by atoms with Crippen molar-refractivity contribution < 1.29 is 17.2 Å². The number of rotatable bonds is 4. The van der Waals surface area contributed by atoms with Gasteiger partial charge in [0, 0.05) is 13.1 Å². The van der Waals surface area contributed by atoms with Crippen LogP contribution in [-0.2, 0) is 10.0 Å². The molecule has 0 spiro atoms. The highest BCUT2D eigenvalue weighted by Crippen LogP contribution is 2.24. The minimum Gasteiger partial charge on any atom is -0.420 e. The summed E-state index contributed by atoms with van der Waals surface area (Å²) in [6, 6.07) is 5.20. The third kappa shape index (κ3) is 3.09. The number of nitrogens with zero attached hydrogens (tertiary/aromatic N) is 2. The van der Waals surface area contributed by atoms with E-state index in [1.54, 1.807) is 13.8 Å². The summed E-state index contributed by atoms with van der Waals surface area (Å²) in [7, 11) is -3.82. The molecule has 2 N–H and O–H groups in total. The molecule has 0 aliphatic rings. The number of aryl methyl sites for hydroxylation is 2. The Morgan fingerprint density at radius 2 is 2.00 bits per heavy atom. The van der Waals surface area contributed by atoms with E-state index in [0.29, 0.717) is 22.8 Å². The van der Waals surface area contributed by atoms with Gasteiger partial charge in [-0.15, -0.1) is 10.2 Å². The van der Waals surface area contributed by atoms with Gasteiger partial charge >= 0.3 is 0 Å². The first kappa shape index (κ1) is 15.2. The lowest BCUT2D eigenvalue weighted by Crippen LogP contribution is -2.13. The second-order valence-corrected chi connectivity index (χ2v) is 6.62. The van der Waals surface area contributed by atoms with Crippen LogP contribution in [0.4, 0.5) is 10.1 Å². The van der Waals surface area contributed by atoms with E-state index in [0.717, 1.165) is 0 Å². The number of hydrogen-bond acceptors (Lipinski definition) is 5. The van der Waals surface area contributed by atoms with Gasteiger partial charge in [-0.3, -0.25) is 4.72 Å². The van der Waals surface area contributed by atoms with E-state index in [4.69, 9.17) is 4.42 Å². The van der Waals surface area contributed by atoms with Crippen molar-refractivity contribution in [3.63, 3.8) is 0 Å². The molecule has 1 aromatic carbocycles. The summed E-state index contributed by atoms with van der Waals surface area (Å²) in [6.07, 6.45) is 1.32. The average molecular weight is 336 g/mol. The predicted octanol–water partition coefficient (Wildman–Crippen LogP) is 2.62. The molecule has 7 nitrogen and oxygen atoms in total. The number of H-pyrrole nitrogens is 1. The maximum absolute atomic E-state index is 13.1. The molecule has 0 bridgehead atoms. The molecular formula is C14H13FN4O3S. The van der Waals surface area contributed by atoms with Crippen LogP contribution in [0.3, 0.4) is 0 Å². The van der Waals surface area contributed by atoms with Crippen LogP contribution in [0, 0.1) is 19.7 Å². The monoisotopic (exact) mass is 336 g/mol. The minimum atomic E-state index is -3.82. The Morgan fingerprint density at radius 1 is 1.22 bits per heavy atom. The van der Waals surface area contributed by atoms with Gasteiger partial charge in [0.1, 0.15) is 16.4 Å². The molecule has 2 aromatic heterocycles. The van der Waals surface area contributed by atoms with E-state index in [1.807, 2.05) is 0 Å². The zero-order valence-electron chi connectivity index (χ0n) is 12.3. The smallest absolute Gasteiger partial charge is 0.264 e. The summed E-state index contributed by atoms with van der Waals surface area (Å²) in [4.78, 5) is 2.78. The van der Waals surface area contributed by atoms with Crippen LogP contribution >= 0.6 is 0 Å². The summed E-state index contributed by atoms with van der Waals surface area (Å²) in [5.41, 5.74) is 1.18. The third-order valence-electron chi connectivity index (χ3n) is 3.16. The van der Waals surface area contributed by atoms with E-state index < -0.39 is 15.8 Å². The molecule has 3 aromatic rings. The van der Waals surface area contributed by atoms with Gasteiger partial charge in [0.05, 0.1) is 5.69 Å². The second kappa shape index (κ2) is 5.51. The molecule has 0 amide bonds. The molecule has 0 radical (unpaired) electrons. The van der Waals surface area contributed by atoms with Crippen LogP contribution < -0.4 is 4.72 Å². The first-order chi connectivity index (χ1) is 10.8. The largest absolute Gasteiger partial charge is 0.420 e. The van der Waals surface area contributed by atoms with Crippen molar-refractivity contribution in [3.8, 4) is 11.6 Å². The first-order valence-electron chi connectivity index (χ1n) is 6.63. The molecule has 0 aliphatic carbocycles. The lowest BCUT2D eigenvalue weighted by atomic mass is 10.2. The molecule has 9 heteroatoms. The van der Waals surface area contributed by atoms with Gasteiger partial charge in [-0.2, -0.15) is 0 Å². The van der Waals surface area contributed by atoms with Gasteiger partial charge in [0.2, 0.25) is 5.89 Å². The minimum absolute atomic E-state index is 0.00655. The fraction of sp³-hybridized carbons (Fsp3) is 0.143. The number of sulfonamides is 1. The number of halogens is 1. The first-order valence-corrected chi connectivity index (χ1v) is 8.11. The van der Waals surface area contributed by atoms with E-state index in [-0.39, 0.29) is 10.8 Å². The molecule has 0 unspecified atom stereocenters. The van der Waals surface area contributed by atoms with Crippen molar-refractivity contribution in [1.82, 2.24) is 15.2 Å². The highest BCUT2D eigenvalue weighted by atomic mass is 32.2. The SMILES string of the molecule is Cc1nnc(-c2cc(S(=O)(=O)Nc3ccc(F)cc3C)c[nH]2)o1. The lowest BCUT2D eigenvalue weighted by molar-refractivity contribution is 0.531. The van der Waals surface area contributed by atoms with Gasteiger partial charge in [0.15, 0.2) is 0 Å². The summed E-state index contributed by atoms with van der Waals surface area (Å²) < 4.78 is 45.5. The van der Waals surface area contributed by atoms with E-state index >= 15 is 0 Å². The number of hydrogen-bond donors (Lipinski definition) is 2. The second-order valence-electron chi connectivity index (χ2n) is 4.94. The fourth-order valence-electron chi connectivity index (χ4n) is 2.00. The quantitative estimate of drug-likeness (QED) is 0.763. The maximum Gasteiger partial charge on any atom is 0.264 e. The van der Waals surface area contributed by atoms with Crippen molar-refractivity contribution in [2.24, 2.45) is 0 Å². The summed E-state index contributed by atoms with van der Waals surface area (Å²) >= 11 is 0. The van der Waals surface area contributed by atoms with E-state index in [1.165, 1.54) is 30.5 Å². The molecule has 0 fully saturated rings. The third-order valence-corrected chi connectivity index (χ3v) is 4.50. The summed E-state index contributed by atoms with van der Waals surface area (Å²) in [6.45, 7) is 3.25. The normalized spacial score (nSPS) is 11.6. The summed E-state index contributed by atoms with van der Waals surface area (Å²) in [5, 5.41) is 7.50. The number of benzene rings is 1.